The molecule has 0 saturated carbocycles. The molecule has 0 fully saturated rings. The molecule has 1 heterocycles. The molecule has 9 heteroatoms. The highest BCUT2D eigenvalue weighted by Gasteiger charge is 2.22. The standard InChI is InChI=1S/C23H25Cl2N3O4/c1-3-28(20-6-4-5-19-17(20)9-10-21(29)27-19)11-12-32-23(31)14(2)26-22(30)16-8-7-15(24)13-18(16)25/h4-8,13-14H,3,9-12H2,1-2H3,(H,26,30)(H,27,29)/t14-/m0/s1. The first-order valence-electron chi connectivity index (χ1n) is 10.4. The average Bonchev–Trinajstić information content (AvgIpc) is 2.75. The van der Waals surface area contributed by atoms with Crippen LogP contribution in [0.5, 0.6) is 0 Å². The highest BCUT2D eigenvalue weighted by atomic mass is 35.5. The molecule has 2 aromatic carbocycles. The molecule has 0 aliphatic carbocycles. The largest absolute Gasteiger partial charge is 0.462 e. The van der Waals surface area contributed by atoms with Crippen LogP contribution in [0.25, 0.3) is 0 Å². The van der Waals surface area contributed by atoms with Crippen LogP contribution in [-0.4, -0.2) is 43.5 Å². The molecule has 1 aliphatic rings. The van der Waals surface area contributed by atoms with Gasteiger partial charge in [0.25, 0.3) is 5.91 Å². The molecule has 2 aromatic rings. The molecule has 1 atom stereocenters. The van der Waals surface area contributed by atoms with Crippen LogP contribution in [0.15, 0.2) is 36.4 Å². The number of ether oxygens (including phenoxy) is 1. The number of nitrogens with zero attached hydrogens (tertiary/aromatic N) is 1. The van der Waals surface area contributed by atoms with Crippen LogP contribution < -0.4 is 15.5 Å². The number of rotatable bonds is 8. The number of carbonyl (C=O) groups excluding carboxylic acids is 3. The lowest BCUT2D eigenvalue weighted by molar-refractivity contribution is -0.145. The van der Waals surface area contributed by atoms with Crippen molar-refractivity contribution in [1.29, 1.82) is 0 Å². The zero-order valence-corrected chi connectivity index (χ0v) is 19.4. The maximum Gasteiger partial charge on any atom is 0.328 e. The van der Waals surface area contributed by atoms with Gasteiger partial charge in [0.15, 0.2) is 0 Å². The van der Waals surface area contributed by atoms with E-state index in [1.807, 2.05) is 25.1 Å². The van der Waals surface area contributed by atoms with Gasteiger partial charge in [0.05, 0.1) is 17.1 Å². The lowest BCUT2D eigenvalue weighted by Gasteiger charge is -2.29. The highest BCUT2D eigenvalue weighted by Crippen LogP contribution is 2.31. The zero-order chi connectivity index (χ0) is 23.3. The van der Waals surface area contributed by atoms with E-state index in [4.69, 9.17) is 27.9 Å². The molecule has 2 amide bonds. The number of likely N-dealkylation sites (N-methyl/N-ethyl adjacent to an activating group) is 1. The average molecular weight is 478 g/mol. The molecule has 170 valence electrons. The summed E-state index contributed by atoms with van der Waals surface area (Å²) in [6, 6.07) is 9.46. The van der Waals surface area contributed by atoms with Crippen LogP contribution in [-0.2, 0) is 20.7 Å². The summed E-state index contributed by atoms with van der Waals surface area (Å²) < 4.78 is 5.39. The molecule has 7 nitrogen and oxygen atoms in total. The summed E-state index contributed by atoms with van der Waals surface area (Å²) in [6.07, 6.45) is 1.12. The number of anilines is 2. The van der Waals surface area contributed by atoms with Crippen molar-refractivity contribution in [1.82, 2.24) is 5.32 Å². The van der Waals surface area contributed by atoms with Gasteiger partial charge in [-0.3, -0.25) is 9.59 Å². The van der Waals surface area contributed by atoms with Gasteiger partial charge in [-0.2, -0.15) is 0 Å². The van der Waals surface area contributed by atoms with Crippen molar-refractivity contribution < 1.29 is 19.1 Å². The fraction of sp³-hybridized carbons (Fsp3) is 0.348. The van der Waals surface area contributed by atoms with Crippen molar-refractivity contribution in [3.05, 3.63) is 57.6 Å². The van der Waals surface area contributed by atoms with Crippen molar-refractivity contribution in [3.8, 4) is 0 Å². The van der Waals surface area contributed by atoms with Gasteiger partial charge in [-0.1, -0.05) is 29.3 Å². The number of halogens is 2. The Bertz CT molecular complexity index is 1030. The van der Waals surface area contributed by atoms with Crippen molar-refractivity contribution in [2.24, 2.45) is 0 Å². The topological polar surface area (TPSA) is 87.7 Å². The number of benzene rings is 2. The van der Waals surface area contributed by atoms with Gasteiger partial charge in [-0.25, -0.2) is 4.79 Å². The molecule has 3 rings (SSSR count). The van der Waals surface area contributed by atoms with E-state index in [9.17, 15) is 14.4 Å². The summed E-state index contributed by atoms with van der Waals surface area (Å²) in [6.45, 7) is 4.92. The number of fused-ring (bicyclic) bond motifs is 1. The van der Waals surface area contributed by atoms with Crippen LogP contribution >= 0.6 is 23.2 Å². The first kappa shape index (κ1) is 23.9. The molecule has 0 bridgehead atoms. The minimum Gasteiger partial charge on any atom is -0.462 e. The van der Waals surface area contributed by atoms with E-state index >= 15 is 0 Å². The zero-order valence-electron chi connectivity index (χ0n) is 17.9. The van der Waals surface area contributed by atoms with Gasteiger partial charge in [0.2, 0.25) is 5.91 Å². The van der Waals surface area contributed by atoms with Gasteiger partial charge in [0, 0.05) is 29.4 Å². The predicted octanol–water partition coefficient (Wildman–Crippen LogP) is 4.07. The van der Waals surface area contributed by atoms with Gasteiger partial charge < -0.3 is 20.3 Å². The van der Waals surface area contributed by atoms with Gasteiger partial charge >= 0.3 is 5.97 Å². The first-order valence-corrected chi connectivity index (χ1v) is 11.1. The van der Waals surface area contributed by atoms with Crippen molar-refractivity contribution >= 4 is 52.4 Å². The normalized spacial score (nSPS) is 13.6. The molecule has 0 saturated heterocycles. The Kier molecular flexibility index (Phi) is 7.99. The number of esters is 1. The Balaban J connectivity index is 1.55. The number of nitrogens with one attached hydrogen (secondary N) is 2. The number of carbonyl (C=O) groups is 3. The maximum absolute atomic E-state index is 12.4. The van der Waals surface area contributed by atoms with E-state index in [0.717, 1.165) is 16.9 Å². The summed E-state index contributed by atoms with van der Waals surface area (Å²) >= 11 is 11.9. The monoisotopic (exact) mass is 477 g/mol. The minimum atomic E-state index is -0.844. The Morgan fingerprint density at radius 2 is 2.00 bits per heavy atom. The van der Waals surface area contributed by atoms with E-state index in [0.29, 0.717) is 31.0 Å². The molecule has 1 aliphatic heterocycles. The quantitative estimate of drug-likeness (QED) is 0.559. The Morgan fingerprint density at radius 3 is 2.72 bits per heavy atom. The van der Waals surface area contributed by atoms with Gasteiger partial charge in [-0.15, -0.1) is 0 Å². The third-order valence-corrected chi connectivity index (χ3v) is 5.78. The fourth-order valence-electron chi connectivity index (χ4n) is 3.54. The Hall–Kier alpha value is -2.77. The minimum absolute atomic E-state index is 0.0163. The third kappa shape index (κ3) is 5.72. The van der Waals surface area contributed by atoms with Crippen LogP contribution in [0.4, 0.5) is 11.4 Å². The van der Waals surface area contributed by atoms with Crippen LogP contribution in [0.1, 0.15) is 36.2 Å². The first-order chi connectivity index (χ1) is 15.3. The predicted molar refractivity (Wildman–Crippen MR) is 126 cm³/mol. The molecule has 32 heavy (non-hydrogen) atoms. The summed E-state index contributed by atoms with van der Waals surface area (Å²) in [5.74, 6) is -1.01. The summed E-state index contributed by atoms with van der Waals surface area (Å²) in [5, 5.41) is 6.11. The lowest BCUT2D eigenvalue weighted by atomic mass is 10.00. The summed E-state index contributed by atoms with van der Waals surface area (Å²) in [7, 11) is 0. The van der Waals surface area contributed by atoms with E-state index in [2.05, 4.69) is 15.5 Å². The second-order valence-electron chi connectivity index (χ2n) is 7.42. The number of hydrogen-bond acceptors (Lipinski definition) is 5. The summed E-state index contributed by atoms with van der Waals surface area (Å²) in [4.78, 5) is 38.5. The molecule has 0 radical (unpaired) electrons. The highest BCUT2D eigenvalue weighted by molar-refractivity contribution is 6.36. The van der Waals surface area contributed by atoms with Crippen molar-refractivity contribution in [3.63, 3.8) is 0 Å². The lowest BCUT2D eigenvalue weighted by Crippen LogP contribution is -2.40. The SMILES string of the molecule is CCN(CCOC(=O)[C@H](C)NC(=O)c1ccc(Cl)cc1Cl)c1cccc2c1CCC(=O)N2. The summed E-state index contributed by atoms with van der Waals surface area (Å²) in [5.41, 5.74) is 3.15. The number of amides is 2. The molecule has 0 spiro atoms. The molecular formula is C23H25Cl2N3O4. The van der Waals surface area contributed by atoms with Crippen LogP contribution in [0, 0.1) is 0 Å². The molecule has 0 aromatic heterocycles. The van der Waals surface area contributed by atoms with E-state index < -0.39 is 17.9 Å². The van der Waals surface area contributed by atoms with Crippen LogP contribution in [0.3, 0.4) is 0 Å². The Morgan fingerprint density at radius 1 is 1.22 bits per heavy atom. The van der Waals surface area contributed by atoms with E-state index in [1.165, 1.54) is 12.1 Å². The third-order valence-electron chi connectivity index (χ3n) is 5.23. The van der Waals surface area contributed by atoms with Crippen molar-refractivity contribution in [2.45, 2.75) is 32.7 Å². The Labute approximate surface area is 197 Å². The second kappa shape index (κ2) is 10.7. The number of hydrogen-bond donors (Lipinski definition) is 2. The fourth-order valence-corrected chi connectivity index (χ4v) is 4.03. The maximum atomic E-state index is 12.4. The van der Waals surface area contributed by atoms with E-state index in [-0.39, 0.29) is 23.1 Å². The molecule has 0 unspecified atom stereocenters. The van der Waals surface area contributed by atoms with Crippen molar-refractivity contribution in [2.75, 3.05) is 29.9 Å². The van der Waals surface area contributed by atoms with Gasteiger partial charge in [0.1, 0.15) is 12.6 Å². The van der Waals surface area contributed by atoms with Crippen LogP contribution in [0.2, 0.25) is 10.0 Å². The smallest absolute Gasteiger partial charge is 0.328 e. The van der Waals surface area contributed by atoms with Gasteiger partial charge in [-0.05, 0) is 56.2 Å². The second-order valence-corrected chi connectivity index (χ2v) is 8.26. The molecule has 2 N–H and O–H groups in total. The van der Waals surface area contributed by atoms with E-state index in [1.54, 1.807) is 13.0 Å². The molecular weight excluding hydrogens is 453 g/mol.